The molecule has 2 aliphatic rings. The van der Waals surface area contributed by atoms with Crippen molar-refractivity contribution in [2.45, 2.75) is 286 Å². The van der Waals surface area contributed by atoms with Crippen LogP contribution in [0.4, 0.5) is 0 Å². The van der Waals surface area contributed by atoms with Gasteiger partial charge in [-0.1, -0.05) is 192 Å². The van der Waals surface area contributed by atoms with Crippen molar-refractivity contribution in [3.05, 3.63) is 36.5 Å². The van der Waals surface area contributed by atoms with Gasteiger partial charge in [0.2, 0.25) is 5.91 Å². The number of ether oxygens (including phenoxy) is 4. The molecular weight excluding hydrogens is 883 g/mol. The summed E-state index contributed by atoms with van der Waals surface area (Å²) in [4.78, 5) is 13.1. The van der Waals surface area contributed by atoms with Crippen LogP contribution in [-0.2, 0) is 23.7 Å². The van der Waals surface area contributed by atoms with Gasteiger partial charge in [-0.2, -0.15) is 0 Å². The number of nitrogens with one attached hydrogen (secondary N) is 1. The summed E-state index contributed by atoms with van der Waals surface area (Å²) in [6.07, 6.45) is 32.5. The molecule has 0 radical (unpaired) electrons. The third kappa shape index (κ3) is 28.3. The summed E-state index contributed by atoms with van der Waals surface area (Å²) >= 11 is 0. The molecule has 0 aromatic carbocycles. The number of carbonyl (C=O) groups is 1. The summed E-state index contributed by atoms with van der Waals surface area (Å²) < 4.78 is 22.6. The number of aliphatic hydroxyl groups is 8. The van der Waals surface area contributed by atoms with Crippen LogP contribution in [0.25, 0.3) is 0 Å². The summed E-state index contributed by atoms with van der Waals surface area (Å²) in [6, 6.07) is -0.909. The average Bonchev–Trinajstić information content (AvgIpc) is 3.35. The molecule has 14 heteroatoms. The lowest BCUT2D eigenvalue weighted by Crippen LogP contribution is -2.65. The van der Waals surface area contributed by atoms with Gasteiger partial charge in [-0.05, 0) is 51.4 Å². The molecule has 404 valence electrons. The number of aliphatic hydroxyl groups excluding tert-OH is 8. The Morgan fingerprint density at radius 1 is 0.522 bits per heavy atom. The van der Waals surface area contributed by atoms with Crippen molar-refractivity contribution >= 4 is 5.91 Å². The first-order valence-corrected chi connectivity index (χ1v) is 27.7. The van der Waals surface area contributed by atoms with E-state index >= 15 is 0 Å². The number of hydrogen-bond acceptors (Lipinski definition) is 13. The fraction of sp³-hybridized carbons (Fsp3) is 0.873. The molecule has 1 amide bonds. The van der Waals surface area contributed by atoms with E-state index in [-0.39, 0.29) is 18.9 Å². The minimum absolute atomic E-state index is 0.244. The highest BCUT2D eigenvalue weighted by molar-refractivity contribution is 5.76. The Kier molecular flexibility index (Phi) is 38.2. The fourth-order valence-electron chi connectivity index (χ4n) is 9.03. The second-order valence-corrected chi connectivity index (χ2v) is 19.7. The van der Waals surface area contributed by atoms with Crippen molar-refractivity contribution in [1.82, 2.24) is 5.32 Å². The molecule has 0 saturated carbocycles. The lowest BCUT2D eigenvalue weighted by atomic mass is 9.97. The van der Waals surface area contributed by atoms with Gasteiger partial charge in [0.15, 0.2) is 12.6 Å². The third-order valence-electron chi connectivity index (χ3n) is 13.6. The van der Waals surface area contributed by atoms with Crippen molar-refractivity contribution < 1.29 is 64.6 Å². The first kappa shape index (κ1) is 63.3. The van der Waals surface area contributed by atoms with Crippen molar-refractivity contribution in [1.29, 1.82) is 0 Å². The largest absolute Gasteiger partial charge is 0.394 e. The Hall–Kier alpha value is -1.79. The Bertz CT molecular complexity index is 1300. The zero-order chi connectivity index (χ0) is 50.3. The van der Waals surface area contributed by atoms with Crippen LogP contribution in [0.5, 0.6) is 0 Å². The molecule has 69 heavy (non-hydrogen) atoms. The van der Waals surface area contributed by atoms with E-state index in [1.165, 1.54) is 128 Å². The van der Waals surface area contributed by atoms with Crippen LogP contribution < -0.4 is 5.32 Å². The van der Waals surface area contributed by atoms with Gasteiger partial charge in [-0.25, -0.2) is 0 Å². The Labute approximate surface area is 417 Å². The van der Waals surface area contributed by atoms with E-state index in [0.29, 0.717) is 6.42 Å². The number of allylic oxidation sites excluding steroid dienone is 5. The first-order chi connectivity index (χ1) is 33.6. The maximum absolute atomic E-state index is 13.1. The molecule has 0 aromatic heterocycles. The van der Waals surface area contributed by atoms with Crippen molar-refractivity contribution in [3.8, 4) is 0 Å². The van der Waals surface area contributed by atoms with E-state index < -0.39 is 86.8 Å². The van der Waals surface area contributed by atoms with Crippen molar-refractivity contribution in [3.63, 3.8) is 0 Å². The van der Waals surface area contributed by atoms with Crippen molar-refractivity contribution in [2.24, 2.45) is 0 Å². The number of hydrogen-bond donors (Lipinski definition) is 9. The number of amides is 1. The molecule has 0 aliphatic carbocycles. The summed E-state index contributed by atoms with van der Waals surface area (Å²) in [6.45, 7) is 2.69. The zero-order valence-electron chi connectivity index (χ0n) is 43.1. The number of unbranched alkanes of at least 4 members (excludes halogenated alkanes) is 26. The second kappa shape index (κ2) is 41.7. The van der Waals surface area contributed by atoms with Gasteiger partial charge in [0.05, 0.1) is 32.0 Å². The lowest BCUT2D eigenvalue weighted by Gasteiger charge is -2.46. The summed E-state index contributed by atoms with van der Waals surface area (Å²) in [5, 5.41) is 86.4. The SMILES string of the molecule is CCCCCC/C=C/C(O)C(COC1OC(CO)C(OC2OC(CO)C(O)C(O)C2O)C(O)C1O)NC(=O)CCCCCCCCCCCCCCCCCCC/C=C\C/C=C\CCCCCCC. The van der Waals surface area contributed by atoms with Crippen molar-refractivity contribution in [2.75, 3.05) is 19.8 Å². The van der Waals surface area contributed by atoms with Gasteiger partial charge >= 0.3 is 0 Å². The van der Waals surface area contributed by atoms with Crippen LogP contribution >= 0.6 is 0 Å². The topological polar surface area (TPSA) is 228 Å². The molecule has 2 fully saturated rings. The molecule has 12 atom stereocenters. The molecular formula is C55H101NO13. The van der Waals surface area contributed by atoms with Gasteiger partial charge in [-0.15, -0.1) is 0 Å². The Morgan fingerprint density at radius 2 is 0.957 bits per heavy atom. The Balaban J connectivity index is 1.61. The molecule has 2 rings (SSSR count). The second-order valence-electron chi connectivity index (χ2n) is 19.7. The fourth-order valence-corrected chi connectivity index (χ4v) is 9.03. The molecule has 14 nitrogen and oxygen atoms in total. The molecule has 12 unspecified atom stereocenters. The molecule has 0 spiro atoms. The highest BCUT2D eigenvalue weighted by atomic mass is 16.7. The number of carbonyl (C=O) groups excluding carboxylic acids is 1. The molecule has 2 saturated heterocycles. The third-order valence-corrected chi connectivity index (χ3v) is 13.6. The summed E-state index contributed by atoms with van der Waals surface area (Å²) in [5.74, 6) is -0.244. The van der Waals surface area contributed by atoms with Gasteiger partial charge in [0, 0.05) is 6.42 Å². The van der Waals surface area contributed by atoms with Crippen LogP contribution in [0.3, 0.4) is 0 Å². The van der Waals surface area contributed by atoms with Crippen LogP contribution in [0.15, 0.2) is 36.5 Å². The maximum Gasteiger partial charge on any atom is 0.220 e. The quantitative estimate of drug-likeness (QED) is 0.0207. The Morgan fingerprint density at radius 3 is 1.46 bits per heavy atom. The van der Waals surface area contributed by atoms with Crippen LogP contribution in [-0.4, -0.2) is 140 Å². The summed E-state index contributed by atoms with van der Waals surface area (Å²) in [5.41, 5.74) is 0. The van der Waals surface area contributed by atoms with Crippen LogP contribution in [0.2, 0.25) is 0 Å². The van der Waals surface area contributed by atoms with E-state index in [1.807, 2.05) is 6.08 Å². The smallest absolute Gasteiger partial charge is 0.220 e. The minimum Gasteiger partial charge on any atom is -0.394 e. The van der Waals surface area contributed by atoms with Crippen LogP contribution in [0.1, 0.15) is 213 Å². The molecule has 0 aromatic rings. The summed E-state index contributed by atoms with van der Waals surface area (Å²) in [7, 11) is 0. The number of rotatable bonds is 43. The highest BCUT2D eigenvalue weighted by Crippen LogP contribution is 2.30. The van der Waals surface area contributed by atoms with E-state index in [0.717, 1.165) is 57.8 Å². The predicted octanol–water partition coefficient (Wildman–Crippen LogP) is 8.27. The van der Waals surface area contributed by atoms with Gasteiger partial charge in [0.25, 0.3) is 0 Å². The van der Waals surface area contributed by atoms with E-state index in [1.54, 1.807) is 6.08 Å². The highest BCUT2D eigenvalue weighted by Gasteiger charge is 2.51. The van der Waals surface area contributed by atoms with E-state index in [9.17, 15) is 45.6 Å². The van der Waals surface area contributed by atoms with Crippen LogP contribution in [0, 0.1) is 0 Å². The monoisotopic (exact) mass is 984 g/mol. The molecule has 9 N–H and O–H groups in total. The minimum atomic E-state index is -1.79. The van der Waals surface area contributed by atoms with Gasteiger partial charge in [0.1, 0.15) is 48.8 Å². The molecule has 0 bridgehead atoms. The standard InChI is InChI=1S/C55H101NO13/c1-3-5-7-9-11-12-13-14-15-16-17-18-19-20-21-22-23-24-25-26-27-28-29-30-31-32-33-35-37-39-47(60)56-43(44(59)38-36-34-10-8-6-4-2)42-66-54-52(65)50(63)53(46(41-58)68-54)69-55-51(64)49(62)48(61)45(40-57)67-55/h13-14,16-17,36,38,43-46,48-55,57-59,61-65H,3-12,15,18-35,37,39-42H2,1-2H3,(H,56,60)/b14-13-,17-16-,38-36+. The maximum atomic E-state index is 13.1. The molecule has 2 aliphatic heterocycles. The van der Waals surface area contributed by atoms with E-state index in [4.69, 9.17) is 18.9 Å². The molecule has 2 heterocycles. The van der Waals surface area contributed by atoms with Gasteiger partial charge in [-0.3, -0.25) is 4.79 Å². The predicted molar refractivity (Wildman–Crippen MR) is 272 cm³/mol. The first-order valence-electron chi connectivity index (χ1n) is 27.7. The van der Waals surface area contributed by atoms with Gasteiger partial charge < -0.3 is 65.1 Å². The lowest BCUT2D eigenvalue weighted by molar-refractivity contribution is -0.359. The average molecular weight is 984 g/mol. The zero-order valence-corrected chi connectivity index (χ0v) is 43.1. The van der Waals surface area contributed by atoms with E-state index in [2.05, 4.69) is 43.5 Å². The normalized spacial score (nSPS) is 26.4.